The molecule has 0 aliphatic heterocycles. The minimum absolute atomic E-state index is 0.0505. The van der Waals surface area contributed by atoms with Crippen LogP contribution < -0.4 is 10.1 Å². The van der Waals surface area contributed by atoms with Gasteiger partial charge in [-0.3, -0.25) is 9.59 Å². The van der Waals surface area contributed by atoms with E-state index in [1.807, 2.05) is 30.3 Å². The van der Waals surface area contributed by atoms with Gasteiger partial charge in [0.1, 0.15) is 17.6 Å². The Morgan fingerprint density at radius 1 is 0.972 bits per heavy atom. The summed E-state index contributed by atoms with van der Waals surface area (Å²) in [6.45, 7) is -0.344. The smallest absolute Gasteiger partial charge is 0.261 e. The quantitative estimate of drug-likeness (QED) is 0.390. The summed E-state index contributed by atoms with van der Waals surface area (Å²) in [7, 11) is 0. The molecule has 36 heavy (non-hydrogen) atoms. The Bertz CT molecular complexity index is 1150. The fourth-order valence-electron chi connectivity index (χ4n) is 4.49. The van der Waals surface area contributed by atoms with Crippen molar-refractivity contribution >= 4 is 23.4 Å². The molecular formula is C29H30ClFN2O3. The molecule has 3 aromatic rings. The highest BCUT2D eigenvalue weighted by molar-refractivity contribution is 6.30. The number of nitrogens with one attached hydrogen (secondary N) is 1. The summed E-state index contributed by atoms with van der Waals surface area (Å²) < 4.78 is 20.3. The van der Waals surface area contributed by atoms with Gasteiger partial charge in [-0.2, -0.15) is 0 Å². The molecule has 0 saturated heterocycles. The number of ether oxygens (including phenoxy) is 1. The Morgan fingerprint density at radius 2 is 1.64 bits per heavy atom. The second kappa shape index (κ2) is 12.5. The average molecular weight is 509 g/mol. The fraction of sp³-hybridized carbons (Fsp3) is 0.310. The Balaban J connectivity index is 1.61. The Kier molecular flexibility index (Phi) is 8.95. The van der Waals surface area contributed by atoms with Gasteiger partial charge in [-0.1, -0.05) is 73.0 Å². The first-order valence-corrected chi connectivity index (χ1v) is 12.6. The first-order valence-electron chi connectivity index (χ1n) is 12.2. The van der Waals surface area contributed by atoms with Crippen LogP contribution in [0, 0.1) is 5.82 Å². The number of halogens is 2. The lowest BCUT2D eigenvalue weighted by Crippen LogP contribution is -2.53. The number of hydrogen-bond acceptors (Lipinski definition) is 3. The van der Waals surface area contributed by atoms with Gasteiger partial charge in [0.15, 0.2) is 6.61 Å². The molecule has 2 amide bonds. The van der Waals surface area contributed by atoms with E-state index in [2.05, 4.69) is 5.32 Å². The predicted octanol–water partition coefficient (Wildman–Crippen LogP) is 5.56. The third-order valence-electron chi connectivity index (χ3n) is 6.45. The van der Waals surface area contributed by atoms with E-state index in [0.717, 1.165) is 31.2 Å². The van der Waals surface area contributed by atoms with Gasteiger partial charge in [-0.25, -0.2) is 4.39 Å². The number of rotatable bonds is 10. The van der Waals surface area contributed by atoms with E-state index in [4.69, 9.17) is 16.3 Å². The topological polar surface area (TPSA) is 58.6 Å². The van der Waals surface area contributed by atoms with Crippen molar-refractivity contribution in [2.24, 2.45) is 0 Å². The summed E-state index contributed by atoms with van der Waals surface area (Å²) in [5, 5.41) is 3.69. The van der Waals surface area contributed by atoms with Gasteiger partial charge in [0.05, 0.1) is 0 Å². The maximum atomic E-state index is 14.6. The minimum atomic E-state index is -0.825. The summed E-state index contributed by atoms with van der Waals surface area (Å²) in [6.07, 6.45) is 4.29. The molecule has 0 unspecified atom stereocenters. The van der Waals surface area contributed by atoms with Crippen LogP contribution in [0.15, 0.2) is 78.9 Å². The zero-order chi connectivity index (χ0) is 25.3. The van der Waals surface area contributed by atoms with Crippen molar-refractivity contribution in [1.82, 2.24) is 10.2 Å². The molecule has 5 nitrogen and oxygen atoms in total. The zero-order valence-electron chi connectivity index (χ0n) is 20.0. The number of benzene rings is 3. The molecule has 1 aliphatic rings. The van der Waals surface area contributed by atoms with Crippen LogP contribution >= 0.6 is 11.6 Å². The van der Waals surface area contributed by atoms with Gasteiger partial charge in [-0.05, 0) is 48.7 Å². The van der Waals surface area contributed by atoms with Gasteiger partial charge in [-0.15, -0.1) is 0 Å². The first-order chi connectivity index (χ1) is 17.5. The van der Waals surface area contributed by atoms with E-state index in [-0.39, 0.29) is 25.1 Å². The van der Waals surface area contributed by atoms with E-state index in [1.54, 1.807) is 42.5 Å². The number of carbonyl (C=O) groups is 2. The lowest BCUT2D eigenvalue weighted by atomic mass is 10.0. The summed E-state index contributed by atoms with van der Waals surface area (Å²) >= 11 is 5.94. The van der Waals surface area contributed by atoms with Gasteiger partial charge < -0.3 is 15.0 Å². The zero-order valence-corrected chi connectivity index (χ0v) is 20.8. The molecule has 1 N–H and O–H groups in total. The highest BCUT2D eigenvalue weighted by Gasteiger charge is 2.32. The van der Waals surface area contributed by atoms with Crippen LogP contribution in [-0.2, 0) is 22.6 Å². The van der Waals surface area contributed by atoms with Crippen molar-refractivity contribution < 1.29 is 18.7 Å². The fourth-order valence-corrected chi connectivity index (χ4v) is 4.62. The molecule has 0 radical (unpaired) electrons. The molecule has 0 spiro atoms. The molecular weight excluding hydrogens is 479 g/mol. The monoisotopic (exact) mass is 508 g/mol. The van der Waals surface area contributed by atoms with Gasteiger partial charge in [0.2, 0.25) is 5.91 Å². The molecule has 1 saturated carbocycles. The summed E-state index contributed by atoms with van der Waals surface area (Å²) in [5.41, 5.74) is 1.25. The predicted molar refractivity (Wildman–Crippen MR) is 138 cm³/mol. The molecule has 1 aliphatic carbocycles. The SMILES string of the molecule is O=C(NC1CCCC1)[C@H](Cc1ccccc1)N(Cc1ccccc1F)C(=O)COc1ccc(Cl)cc1. The maximum absolute atomic E-state index is 14.6. The standard InChI is InChI=1S/C29H30ClFN2O3/c30-23-14-16-25(17-15-23)36-20-28(34)33(19-22-10-4-7-13-26(22)31)27(18-21-8-2-1-3-9-21)29(35)32-24-11-5-6-12-24/h1-4,7-10,13-17,24,27H,5-6,11-12,18-20H2,(H,32,35)/t27-/m0/s1. The second-order valence-corrected chi connectivity index (χ2v) is 9.49. The van der Waals surface area contributed by atoms with Crippen LogP contribution in [0.5, 0.6) is 5.75 Å². The first kappa shape index (κ1) is 25.7. The van der Waals surface area contributed by atoms with Crippen LogP contribution in [0.2, 0.25) is 5.02 Å². The third-order valence-corrected chi connectivity index (χ3v) is 6.70. The Hall–Kier alpha value is -3.38. The van der Waals surface area contributed by atoms with Gasteiger partial charge in [0.25, 0.3) is 5.91 Å². The Morgan fingerprint density at radius 3 is 2.33 bits per heavy atom. The summed E-state index contributed by atoms with van der Waals surface area (Å²) in [6, 6.07) is 21.8. The van der Waals surface area contributed by atoms with E-state index < -0.39 is 17.8 Å². The third kappa shape index (κ3) is 7.08. The van der Waals surface area contributed by atoms with Crippen LogP contribution in [0.1, 0.15) is 36.8 Å². The largest absolute Gasteiger partial charge is 0.484 e. The van der Waals surface area contributed by atoms with E-state index in [9.17, 15) is 14.0 Å². The molecule has 4 rings (SSSR count). The van der Waals surface area contributed by atoms with Crippen molar-refractivity contribution in [3.63, 3.8) is 0 Å². The maximum Gasteiger partial charge on any atom is 0.261 e. The van der Waals surface area contributed by atoms with E-state index >= 15 is 0 Å². The van der Waals surface area contributed by atoms with E-state index in [1.165, 1.54) is 11.0 Å². The summed E-state index contributed by atoms with van der Waals surface area (Å²) in [5.74, 6) is -0.588. The summed E-state index contributed by atoms with van der Waals surface area (Å²) in [4.78, 5) is 28.6. The van der Waals surface area contributed by atoms with Gasteiger partial charge in [0, 0.05) is 29.6 Å². The highest BCUT2D eigenvalue weighted by Crippen LogP contribution is 2.21. The van der Waals surface area contributed by atoms with Crippen LogP contribution in [0.25, 0.3) is 0 Å². The normalized spacial score (nSPS) is 14.3. The molecule has 7 heteroatoms. The van der Waals surface area contributed by atoms with Crippen molar-refractivity contribution in [2.75, 3.05) is 6.61 Å². The van der Waals surface area contributed by atoms with Crippen molar-refractivity contribution in [3.8, 4) is 5.75 Å². The molecule has 0 heterocycles. The lowest BCUT2D eigenvalue weighted by Gasteiger charge is -2.32. The Labute approximate surface area is 216 Å². The number of carbonyl (C=O) groups excluding carboxylic acids is 2. The van der Waals surface area contributed by atoms with Crippen molar-refractivity contribution in [1.29, 1.82) is 0 Å². The average Bonchev–Trinajstić information content (AvgIpc) is 3.40. The number of nitrogens with zero attached hydrogens (tertiary/aromatic N) is 1. The molecule has 1 atom stereocenters. The van der Waals surface area contributed by atoms with Crippen LogP contribution in [0.4, 0.5) is 4.39 Å². The highest BCUT2D eigenvalue weighted by atomic mass is 35.5. The van der Waals surface area contributed by atoms with Crippen LogP contribution in [-0.4, -0.2) is 35.4 Å². The number of amides is 2. The lowest BCUT2D eigenvalue weighted by molar-refractivity contribution is -0.143. The van der Waals surface area contributed by atoms with Crippen molar-refractivity contribution in [3.05, 3.63) is 101 Å². The molecule has 3 aromatic carbocycles. The van der Waals surface area contributed by atoms with Crippen molar-refractivity contribution in [2.45, 2.75) is 50.7 Å². The molecule has 0 aromatic heterocycles. The van der Waals surface area contributed by atoms with Crippen LogP contribution in [0.3, 0.4) is 0 Å². The number of hydrogen-bond donors (Lipinski definition) is 1. The molecule has 1 fully saturated rings. The van der Waals surface area contributed by atoms with E-state index in [0.29, 0.717) is 22.8 Å². The second-order valence-electron chi connectivity index (χ2n) is 9.05. The molecule has 188 valence electrons. The molecule has 0 bridgehead atoms. The minimum Gasteiger partial charge on any atom is -0.484 e. The van der Waals surface area contributed by atoms with Gasteiger partial charge >= 0.3 is 0 Å².